The Bertz CT molecular complexity index is 417. The average molecular weight is 271 g/mol. The largest absolute Gasteiger partial charge is 0.399 e. The zero-order valence-corrected chi connectivity index (χ0v) is 11.3. The van der Waals surface area contributed by atoms with Gasteiger partial charge in [0.1, 0.15) is 6.10 Å². The van der Waals surface area contributed by atoms with Crippen molar-refractivity contribution in [3.8, 4) is 0 Å². The molecule has 1 amide bonds. The van der Waals surface area contributed by atoms with E-state index in [1.165, 1.54) is 0 Å². The lowest BCUT2D eigenvalue weighted by atomic mass is 10.1. The summed E-state index contributed by atoms with van der Waals surface area (Å²) in [6.45, 7) is 2.62. The maximum absolute atomic E-state index is 12.0. The third-order valence-electron chi connectivity index (χ3n) is 2.99. The fourth-order valence-corrected chi connectivity index (χ4v) is 1.94. The number of aryl methyl sites for hydroxylation is 1. The Morgan fingerprint density at radius 3 is 2.89 bits per heavy atom. The Balaban J connectivity index is 0.00000162. The van der Waals surface area contributed by atoms with E-state index in [9.17, 15) is 4.79 Å². The smallest absolute Gasteiger partial charge is 0.253 e. The number of amides is 1. The Hall–Kier alpha value is -1.26. The van der Waals surface area contributed by atoms with Gasteiger partial charge in [-0.05, 0) is 43.9 Å². The quantitative estimate of drug-likeness (QED) is 0.812. The topological polar surface area (TPSA) is 64.3 Å². The molecule has 0 radical (unpaired) electrons. The molecular weight excluding hydrogens is 252 g/mol. The SMILES string of the molecule is Cc1ccc(N)cc1NC(=O)C1CCCCO1.Cl. The maximum atomic E-state index is 12.0. The third-order valence-corrected chi connectivity index (χ3v) is 2.99. The molecule has 0 saturated carbocycles. The van der Waals surface area contributed by atoms with Crippen LogP contribution in [-0.4, -0.2) is 18.6 Å². The van der Waals surface area contributed by atoms with Crippen molar-refractivity contribution in [1.29, 1.82) is 0 Å². The molecule has 0 spiro atoms. The van der Waals surface area contributed by atoms with Gasteiger partial charge >= 0.3 is 0 Å². The molecular formula is C13H19ClN2O2. The highest BCUT2D eigenvalue weighted by Gasteiger charge is 2.22. The van der Waals surface area contributed by atoms with Crippen LogP contribution in [0.1, 0.15) is 24.8 Å². The summed E-state index contributed by atoms with van der Waals surface area (Å²) in [7, 11) is 0. The van der Waals surface area contributed by atoms with Crippen molar-refractivity contribution in [2.45, 2.75) is 32.3 Å². The van der Waals surface area contributed by atoms with Crippen molar-refractivity contribution in [3.05, 3.63) is 23.8 Å². The lowest BCUT2D eigenvalue weighted by Gasteiger charge is -2.22. The van der Waals surface area contributed by atoms with Crippen LogP contribution in [0.4, 0.5) is 11.4 Å². The Morgan fingerprint density at radius 2 is 2.22 bits per heavy atom. The molecule has 0 bridgehead atoms. The van der Waals surface area contributed by atoms with E-state index in [0.717, 1.165) is 30.5 Å². The highest BCUT2D eigenvalue weighted by molar-refractivity contribution is 5.95. The maximum Gasteiger partial charge on any atom is 0.253 e. The van der Waals surface area contributed by atoms with Gasteiger partial charge < -0.3 is 15.8 Å². The van der Waals surface area contributed by atoms with E-state index in [2.05, 4.69) is 5.32 Å². The first-order chi connectivity index (χ1) is 8.16. The molecule has 1 fully saturated rings. The van der Waals surface area contributed by atoms with Crippen LogP contribution in [0.25, 0.3) is 0 Å². The fourth-order valence-electron chi connectivity index (χ4n) is 1.94. The van der Waals surface area contributed by atoms with Crippen LogP contribution < -0.4 is 11.1 Å². The Labute approximate surface area is 113 Å². The van der Waals surface area contributed by atoms with Crippen LogP contribution in [0, 0.1) is 6.92 Å². The number of nitrogens with one attached hydrogen (secondary N) is 1. The van der Waals surface area contributed by atoms with Crippen molar-refractivity contribution in [1.82, 2.24) is 0 Å². The number of hydrogen-bond acceptors (Lipinski definition) is 3. The van der Waals surface area contributed by atoms with E-state index in [4.69, 9.17) is 10.5 Å². The number of halogens is 1. The molecule has 1 aromatic rings. The van der Waals surface area contributed by atoms with Crippen LogP contribution >= 0.6 is 12.4 Å². The van der Waals surface area contributed by atoms with Crippen LogP contribution in [-0.2, 0) is 9.53 Å². The minimum absolute atomic E-state index is 0. The highest BCUT2D eigenvalue weighted by Crippen LogP contribution is 2.20. The van der Waals surface area contributed by atoms with E-state index < -0.39 is 0 Å². The van der Waals surface area contributed by atoms with Crippen LogP contribution in [0.5, 0.6) is 0 Å². The monoisotopic (exact) mass is 270 g/mol. The summed E-state index contributed by atoms with van der Waals surface area (Å²) in [5.74, 6) is -0.0709. The molecule has 1 atom stereocenters. The molecule has 0 aromatic heterocycles. The minimum Gasteiger partial charge on any atom is -0.399 e. The van der Waals surface area contributed by atoms with Crippen molar-refractivity contribution in [2.75, 3.05) is 17.7 Å². The van der Waals surface area contributed by atoms with Gasteiger partial charge in [0, 0.05) is 18.0 Å². The number of anilines is 2. The molecule has 100 valence electrons. The lowest BCUT2D eigenvalue weighted by Crippen LogP contribution is -2.33. The van der Waals surface area contributed by atoms with Gasteiger partial charge in [-0.3, -0.25) is 4.79 Å². The molecule has 1 unspecified atom stereocenters. The second kappa shape index (κ2) is 6.61. The number of nitrogens with two attached hydrogens (primary N) is 1. The van der Waals surface area contributed by atoms with Crippen molar-refractivity contribution in [3.63, 3.8) is 0 Å². The minimum atomic E-state index is -0.315. The number of ether oxygens (including phenoxy) is 1. The molecule has 2 rings (SSSR count). The van der Waals surface area contributed by atoms with Crippen LogP contribution in [0.3, 0.4) is 0 Å². The molecule has 5 heteroatoms. The van der Waals surface area contributed by atoms with Gasteiger partial charge in [-0.2, -0.15) is 0 Å². The van der Waals surface area contributed by atoms with E-state index in [-0.39, 0.29) is 24.4 Å². The van der Waals surface area contributed by atoms with Gasteiger partial charge in [-0.15, -0.1) is 12.4 Å². The first-order valence-corrected chi connectivity index (χ1v) is 5.95. The van der Waals surface area contributed by atoms with Crippen molar-refractivity contribution in [2.24, 2.45) is 0 Å². The number of hydrogen-bond donors (Lipinski definition) is 2. The van der Waals surface area contributed by atoms with E-state index >= 15 is 0 Å². The second-order valence-corrected chi connectivity index (χ2v) is 4.42. The summed E-state index contributed by atoms with van der Waals surface area (Å²) in [5, 5.41) is 2.88. The summed E-state index contributed by atoms with van der Waals surface area (Å²) in [5.41, 5.74) is 8.12. The number of rotatable bonds is 2. The zero-order chi connectivity index (χ0) is 12.3. The molecule has 1 aliphatic heterocycles. The summed E-state index contributed by atoms with van der Waals surface area (Å²) in [6.07, 6.45) is 2.58. The van der Waals surface area contributed by atoms with E-state index in [0.29, 0.717) is 12.3 Å². The fraction of sp³-hybridized carbons (Fsp3) is 0.462. The number of carbonyl (C=O) groups excluding carboxylic acids is 1. The first kappa shape index (κ1) is 14.8. The number of benzene rings is 1. The van der Waals surface area contributed by atoms with Crippen LogP contribution in [0.15, 0.2) is 18.2 Å². The molecule has 18 heavy (non-hydrogen) atoms. The lowest BCUT2D eigenvalue weighted by molar-refractivity contribution is -0.129. The van der Waals surface area contributed by atoms with E-state index in [1.54, 1.807) is 6.07 Å². The second-order valence-electron chi connectivity index (χ2n) is 4.42. The normalized spacial score (nSPS) is 18.8. The molecule has 1 aromatic carbocycles. The predicted octanol–water partition coefficient (Wildman–Crippen LogP) is 2.51. The number of carbonyl (C=O) groups is 1. The van der Waals surface area contributed by atoms with Gasteiger partial charge in [0.2, 0.25) is 0 Å². The van der Waals surface area contributed by atoms with Gasteiger partial charge in [0.15, 0.2) is 0 Å². The zero-order valence-electron chi connectivity index (χ0n) is 10.4. The molecule has 0 aliphatic carbocycles. The summed E-state index contributed by atoms with van der Waals surface area (Å²) < 4.78 is 5.44. The van der Waals surface area contributed by atoms with Gasteiger partial charge in [0.25, 0.3) is 5.91 Å². The van der Waals surface area contributed by atoms with Gasteiger partial charge in [-0.1, -0.05) is 6.07 Å². The van der Waals surface area contributed by atoms with Crippen molar-refractivity contribution >= 4 is 29.7 Å². The van der Waals surface area contributed by atoms with E-state index in [1.807, 2.05) is 19.1 Å². The summed E-state index contributed by atoms with van der Waals surface area (Å²) in [4.78, 5) is 12.0. The molecule has 3 N–H and O–H groups in total. The molecule has 4 nitrogen and oxygen atoms in total. The Kier molecular flexibility index (Phi) is 5.44. The average Bonchev–Trinajstić information content (AvgIpc) is 2.35. The predicted molar refractivity (Wildman–Crippen MR) is 75.1 cm³/mol. The van der Waals surface area contributed by atoms with Gasteiger partial charge in [-0.25, -0.2) is 0 Å². The first-order valence-electron chi connectivity index (χ1n) is 5.95. The van der Waals surface area contributed by atoms with Crippen LogP contribution in [0.2, 0.25) is 0 Å². The number of nitrogen functional groups attached to an aromatic ring is 1. The Morgan fingerprint density at radius 1 is 1.44 bits per heavy atom. The molecule has 1 saturated heterocycles. The third kappa shape index (κ3) is 3.62. The molecule has 1 heterocycles. The highest BCUT2D eigenvalue weighted by atomic mass is 35.5. The van der Waals surface area contributed by atoms with Crippen molar-refractivity contribution < 1.29 is 9.53 Å². The summed E-state index contributed by atoms with van der Waals surface area (Å²) in [6, 6.07) is 5.49. The summed E-state index contributed by atoms with van der Waals surface area (Å²) >= 11 is 0. The standard InChI is InChI=1S/C13H18N2O2.ClH/c1-9-5-6-10(14)8-11(9)15-13(16)12-4-2-3-7-17-12;/h5-6,8,12H,2-4,7,14H2,1H3,(H,15,16);1H. The van der Waals surface area contributed by atoms with Gasteiger partial charge in [0.05, 0.1) is 0 Å². The molecule has 1 aliphatic rings.